The number of likely N-dealkylation sites (N-methyl/N-ethyl adjacent to an activating group) is 1. The zero-order valence-corrected chi connectivity index (χ0v) is 9.27. The molecular formula is C10H17N5. The zero-order chi connectivity index (χ0) is 10.8. The molecule has 0 aliphatic carbocycles. The number of hydrogen-bond donors (Lipinski definition) is 1. The van der Waals surface area contributed by atoms with Gasteiger partial charge in [0.15, 0.2) is 0 Å². The van der Waals surface area contributed by atoms with E-state index in [0.29, 0.717) is 5.84 Å². The van der Waals surface area contributed by atoms with Crippen LogP contribution in [0.1, 0.15) is 5.56 Å². The van der Waals surface area contributed by atoms with Crippen LogP contribution in [-0.2, 0) is 7.05 Å². The lowest BCUT2D eigenvalue weighted by molar-refractivity contribution is 0.215. The second-order valence-electron chi connectivity index (χ2n) is 4.04. The van der Waals surface area contributed by atoms with Gasteiger partial charge < -0.3 is 9.80 Å². The number of aryl methyl sites for hydroxylation is 1. The maximum Gasteiger partial charge on any atom is 0.131 e. The number of rotatable bonds is 1. The minimum atomic E-state index is 0.594. The maximum absolute atomic E-state index is 8.06. The lowest BCUT2D eigenvalue weighted by Gasteiger charge is -2.33. The molecule has 82 valence electrons. The van der Waals surface area contributed by atoms with Gasteiger partial charge in [-0.1, -0.05) is 0 Å². The third kappa shape index (κ3) is 2.18. The van der Waals surface area contributed by atoms with E-state index in [9.17, 15) is 0 Å². The van der Waals surface area contributed by atoms with Crippen molar-refractivity contribution in [1.82, 2.24) is 19.6 Å². The minimum Gasteiger partial charge on any atom is -0.354 e. The Labute approximate surface area is 89.8 Å². The predicted octanol–water partition coefficient (Wildman–Crippen LogP) is -0.00713. The molecule has 0 unspecified atom stereocenters. The Hall–Kier alpha value is -1.36. The highest BCUT2D eigenvalue weighted by molar-refractivity contribution is 5.95. The first-order valence-corrected chi connectivity index (χ1v) is 5.18. The molecule has 1 saturated heterocycles. The fraction of sp³-hybridized carbons (Fsp3) is 0.600. The van der Waals surface area contributed by atoms with Gasteiger partial charge in [0.05, 0.1) is 11.8 Å². The number of amidine groups is 1. The summed E-state index contributed by atoms with van der Waals surface area (Å²) in [5, 5.41) is 12.1. The molecule has 2 rings (SSSR count). The molecule has 5 nitrogen and oxygen atoms in total. The number of aromatic nitrogens is 2. The second kappa shape index (κ2) is 4.02. The molecule has 0 atom stereocenters. The van der Waals surface area contributed by atoms with Gasteiger partial charge in [-0.15, -0.1) is 0 Å². The third-order valence-corrected chi connectivity index (χ3v) is 2.80. The Morgan fingerprint density at radius 3 is 2.47 bits per heavy atom. The molecular weight excluding hydrogens is 190 g/mol. The highest BCUT2D eigenvalue weighted by Crippen LogP contribution is 2.06. The summed E-state index contributed by atoms with van der Waals surface area (Å²) in [6.07, 6.45) is 3.64. The summed E-state index contributed by atoms with van der Waals surface area (Å²) in [4.78, 5) is 4.39. The first-order valence-electron chi connectivity index (χ1n) is 5.18. The van der Waals surface area contributed by atoms with Crippen LogP contribution < -0.4 is 0 Å². The molecule has 2 heterocycles. The highest BCUT2D eigenvalue weighted by atomic mass is 15.3. The molecule has 0 aromatic carbocycles. The van der Waals surface area contributed by atoms with Gasteiger partial charge in [0.1, 0.15) is 5.84 Å². The van der Waals surface area contributed by atoms with Gasteiger partial charge in [-0.05, 0) is 7.05 Å². The summed E-state index contributed by atoms with van der Waals surface area (Å²) in [6.45, 7) is 3.93. The van der Waals surface area contributed by atoms with Gasteiger partial charge in [0.2, 0.25) is 0 Å². The topological polar surface area (TPSA) is 48.1 Å². The summed E-state index contributed by atoms with van der Waals surface area (Å²) < 4.78 is 1.74. The van der Waals surface area contributed by atoms with Crippen molar-refractivity contribution >= 4 is 5.84 Å². The van der Waals surface area contributed by atoms with Crippen LogP contribution in [0.3, 0.4) is 0 Å². The fourth-order valence-electron chi connectivity index (χ4n) is 1.76. The fourth-order valence-corrected chi connectivity index (χ4v) is 1.76. The van der Waals surface area contributed by atoms with Crippen LogP contribution in [0, 0.1) is 5.41 Å². The van der Waals surface area contributed by atoms with E-state index >= 15 is 0 Å². The van der Waals surface area contributed by atoms with Crippen molar-refractivity contribution in [3.05, 3.63) is 18.0 Å². The Morgan fingerprint density at radius 1 is 1.27 bits per heavy atom. The molecule has 15 heavy (non-hydrogen) atoms. The van der Waals surface area contributed by atoms with E-state index in [4.69, 9.17) is 5.41 Å². The van der Waals surface area contributed by atoms with E-state index < -0.39 is 0 Å². The largest absolute Gasteiger partial charge is 0.354 e. The van der Waals surface area contributed by atoms with Gasteiger partial charge in [0.25, 0.3) is 0 Å². The summed E-state index contributed by atoms with van der Waals surface area (Å²) >= 11 is 0. The Kier molecular flexibility index (Phi) is 2.73. The van der Waals surface area contributed by atoms with E-state index in [2.05, 4.69) is 21.9 Å². The van der Waals surface area contributed by atoms with Gasteiger partial charge >= 0.3 is 0 Å². The van der Waals surface area contributed by atoms with E-state index in [1.165, 1.54) is 0 Å². The summed E-state index contributed by atoms with van der Waals surface area (Å²) in [5.74, 6) is 0.594. The van der Waals surface area contributed by atoms with Gasteiger partial charge in [-0.3, -0.25) is 10.1 Å². The molecule has 0 radical (unpaired) electrons. The van der Waals surface area contributed by atoms with Crippen LogP contribution in [0.5, 0.6) is 0 Å². The van der Waals surface area contributed by atoms with Crippen molar-refractivity contribution < 1.29 is 0 Å². The van der Waals surface area contributed by atoms with Crippen LogP contribution in [0.15, 0.2) is 12.4 Å². The first kappa shape index (κ1) is 10.2. The van der Waals surface area contributed by atoms with Crippen molar-refractivity contribution in [3.8, 4) is 0 Å². The van der Waals surface area contributed by atoms with Crippen molar-refractivity contribution in [2.45, 2.75) is 0 Å². The van der Waals surface area contributed by atoms with Crippen LogP contribution in [0.4, 0.5) is 0 Å². The average Bonchev–Trinajstić information content (AvgIpc) is 2.65. The number of nitrogens with one attached hydrogen (secondary N) is 1. The van der Waals surface area contributed by atoms with Gasteiger partial charge in [-0.2, -0.15) is 5.10 Å². The molecule has 0 bridgehead atoms. The first-order chi connectivity index (χ1) is 7.16. The molecule has 1 aliphatic heterocycles. The summed E-state index contributed by atoms with van der Waals surface area (Å²) in [6, 6.07) is 0. The zero-order valence-electron chi connectivity index (χ0n) is 9.27. The lowest BCUT2D eigenvalue weighted by Crippen LogP contribution is -2.47. The van der Waals surface area contributed by atoms with Gasteiger partial charge in [0, 0.05) is 39.4 Å². The molecule has 1 fully saturated rings. The molecule has 0 saturated carbocycles. The second-order valence-corrected chi connectivity index (χ2v) is 4.04. The molecule has 1 aliphatic rings. The molecule has 0 amide bonds. The number of hydrogen-bond acceptors (Lipinski definition) is 3. The molecule has 1 aromatic rings. The van der Waals surface area contributed by atoms with Crippen LogP contribution in [0.25, 0.3) is 0 Å². The van der Waals surface area contributed by atoms with Crippen molar-refractivity contribution in [2.75, 3.05) is 33.2 Å². The maximum atomic E-state index is 8.06. The molecule has 1 N–H and O–H groups in total. The van der Waals surface area contributed by atoms with Crippen molar-refractivity contribution in [2.24, 2.45) is 7.05 Å². The van der Waals surface area contributed by atoms with E-state index in [1.54, 1.807) is 10.9 Å². The van der Waals surface area contributed by atoms with Crippen LogP contribution in [-0.4, -0.2) is 58.6 Å². The highest BCUT2D eigenvalue weighted by Gasteiger charge is 2.18. The molecule has 1 aromatic heterocycles. The smallest absolute Gasteiger partial charge is 0.131 e. The monoisotopic (exact) mass is 207 g/mol. The number of nitrogens with zero attached hydrogens (tertiary/aromatic N) is 4. The quantitative estimate of drug-likeness (QED) is 0.520. The van der Waals surface area contributed by atoms with E-state index in [-0.39, 0.29) is 0 Å². The summed E-state index contributed by atoms with van der Waals surface area (Å²) in [5.41, 5.74) is 0.905. The van der Waals surface area contributed by atoms with Crippen LogP contribution in [0.2, 0.25) is 0 Å². The standard InChI is InChI=1S/C10H17N5/c1-13-3-5-15(6-4-13)10(11)9-7-12-14(2)8-9/h7-8,11H,3-6H2,1-2H3. The SMILES string of the molecule is CN1CCN(C(=N)c2cnn(C)c2)CC1. The average molecular weight is 207 g/mol. The summed E-state index contributed by atoms with van der Waals surface area (Å²) in [7, 11) is 3.99. The Balaban J connectivity index is 2.02. The Bertz CT molecular complexity index is 348. The van der Waals surface area contributed by atoms with E-state index in [1.807, 2.05) is 13.2 Å². The normalized spacial score (nSPS) is 18.1. The molecule has 0 spiro atoms. The lowest BCUT2D eigenvalue weighted by atomic mass is 10.2. The minimum absolute atomic E-state index is 0.594. The van der Waals surface area contributed by atoms with E-state index in [0.717, 1.165) is 31.7 Å². The Morgan fingerprint density at radius 2 is 1.93 bits per heavy atom. The molecule has 5 heteroatoms. The van der Waals surface area contributed by atoms with Gasteiger partial charge in [-0.25, -0.2) is 0 Å². The van der Waals surface area contributed by atoms with Crippen molar-refractivity contribution in [3.63, 3.8) is 0 Å². The predicted molar refractivity (Wildman–Crippen MR) is 59.1 cm³/mol. The van der Waals surface area contributed by atoms with Crippen molar-refractivity contribution in [1.29, 1.82) is 5.41 Å². The van der Waals surface area contributed by atoms with Crippen LogP contribution >= 0.6 is 0 Å². The number of piperazine rings is 1. The third-order valence-electron chi connectivity index (χ3n) is 2.80.